The second-order valence-electron chi connectivity index (χ2n) is 5.12. The van der Waals surface area contributed by atoms with Crippen molar-refractivity contribution in [2.24, 2.45) is 0 Å². The molecule has 2 aromatic carbocycles. The molecule has 24 heavy (non-hydrogen) atoms. The summed E-state index contributed by atoms with van der Waals surface area (Å²) in [5.74, 6) is 1.08. The van der Waals surface area contributed by atoms with E-state index < -0.39 is 0 Å². The molecule has 0 saturated heterocycles. The molecule has 0 fully saturated rings. The summed E-state index contributed by atoms with van der Waals surface area (Å²) in [6.07, 6.45) is 0. The molecule has 0 radical (unpaired) electrons. The molecule has 2 aromatic rings. The molecule has 0 aliphatic carbocycles. The maximum Gasteiger partial charge on any atom is 0.234 e. The number of hydrogen-bond donors (Lipinski definition) is 1. The Balaban J connectivity index is 1.94. The first-order chi connectivity index (χ1) is 11.5. The van der Waals surface area contributed by atoms with E-state index in [0.717, 1.165) is 5.56 Å². The van der Waals surface area contributed by atoms with Gasteiger partial charge < -0.3 is 14.8 Å². The van der Waals surface area contributed by atoms with E-state index in [2.05, 4.69) is 5.32 Å². The van der Waals surface area contributed by atoms with E-state index in [0.29, 0.717) is 17.2 Å². The van der Waals surface area contributed by atoms with E-state index in [1.807, 2.05) is 6.92 Å². The van der Waals surface area contributed by atoms with E-state index in [1.165, 1.54) is 23.9 Å². The van der Waals surface area contributed by atoms with Gasteiger partial charge in [0.15, 0.2) is 0 Å². The summed E-state index contributed by atoms with van der Waals surface area (Å²) in [5.41, 5.74) is 1.55. The summed E-state index contributed by atoms with van der Waals surface area (Å²) in [6, 6.07) is 11.5. The zero-order chi connectivity index (χ0) is 17.5. The van der Waals surface area contributed by atoms with Gasteiger partial charge in [0.05, 0.1) is 25.7 Å². The molecular formula is C18H20FNO3S. The quantitative estimate of drug-likeness (QED) is 0.811. The van der Waals surface area contributed by atoms with Gasteiger partial charge in [0.2, 0.25) is 5.91 Å². The number of ether oxygens (including phenoxy) is 2. The van der Waals surface area contributed by atoms with Crippen LogP contribution in [0.15, 0.2) is 42.5 Å². The molecule has 2 rings (SSSR count). The molecule has 4 nitrogen and oxygen atoms in total. The van der Waals surface area contributed by atoms with Crippen LogP contribution in [-0.2, 0) is 4.79 Å². The molecule has 1 unspecified atom stereocenters. The molecule has 0 bridgehead atoms. The maximum atomic E-state index is 12.9. The molecular weight excluding hydrogens is 329 g/mol. The first-order valence-corrected chi connectivity index (χ1v) is 8.47. The number of rotatable bonds is 7. The van der Waals surface area contributed by atoms with Crippen molar-refractivity contribution in [3.63, 3.8) is 0 Å². The molecule has 0 aliphatic rings. The van der Waals surface area contributed by atoms with Gasteiger partial charge in [-0.05, 0) is 36.8 Å². The largest absolute Gasteiger partial charge is 0.497 e. The lowest BCUT2D eigenvalue weighted by atomic mass is 10.2. The van der Waals surface area contributed by atoms with Crippen LogP contribution in [-0.4, -0.2) is 25.9 Å². The lowest BCUT2D eigenvalue weighted by Gasteiger charge is -2.14. The van der Waals surface area contributed by atoms with Gasteiger partial charge >= 0.3 is 0 Å². The van der Waals surface area contributed by atoms with Gasteiger partial charge in [-0.15, -0.1) is 11.8 Å². The highest BCUT2D eigenvalue weighted by Gasteiger charge is 2.12. The first kappa shape index (κ1) is 18.1. The number of halogens is 1. The Morgan fingerprint density at radius 3 is 2.50 bits per heavy atom. The Labute approximate surface area is 145 Å². The van der Waals surface area contributed by atoms with Gasteiger partial charge in [-0.25, -0.2) is 4.39 Å². The molecule has 1 atom stereocenters. The highest BCUT2D eigenvalue weighted by Crippen LogP contribution is 2.31. The van der Waals surface area contributed by atoms with Crippen LogP contribution < -0.4 is 14.8 Å². The number of carbonyl (C=O) groups is 1. The van der Waals surface area contributed by atoms with E-state index in [4.69, 9.17) is 9.47 Å². The van der Waals surface area contributed by atoms with E-state index in [9.17, 15) is 9.18 Å². The van der Waals surface area contributed by atoms with Crippen LogP contribution in [0, 0.1) is 5.82 Å². The van der Waals surface area contributed by atoms with E-state index >= 15 is 0 Å². The zero-order valence-corrected chi connectivity index (χ0v) is 14.7. The fourth-order valence-corrected chi connectivity index (χ4v) is 2.95. The van der Waals surface area contributed by atoms with Gasteiger partial charge in [0.1, 0.15) is 17.3 Å². The van der Waals surface area contributed by atoms with Gasteiger partial charge in [0, 0.05) is 11.3 Å². The molecule has 1 N–H and O–H groups in total. The third-order valence-electron chi connectivity index (χ3n) is 3.48. The normalized spacial score (nSPS) is 11.7. The minimum atomic E-state index is -0.265. The SMILES string of the molecule is COc1ccc(OC)c(NC(=O)CSC(C)c2ccc(F)cc2)c1. The second-order valence-corrected chi connectivity index (χ2v) is 6.45. The average Bonchev–Trinajstić information content (AvgIpc) is 2.60. The van der Waals surface area contributed by atoms with Crippen molar-refractivity contribution in [3.8, 4) is 11.5 Å². The molecule has 6 heteroatoms. The second kappa shape index (κ2) is 8.59. The number of thioether (sulfide) groups is 1. The summed E-state index contributed by atoms with van der Waals surface area (Å²) in [6.45, 7) is 1.98. The number of nitrogens with one attached hydrogen (secondary N) is 1. The average molecular weight is 349 g/mol. The molecule has 0 saturated carbocycles. The fourth-order valence-electron chi connectivity index (χ4n) is 2.13. The smallest absolute Gasteiger partial charge is 0.234 e. The number of methoxy groups -OCH3 is 2. The van der Waals surface area contributed by atoms with Crippen molar-refractivity contribution >= 4 is 23.4 Å². The topological polar surface area (TPSA) is 47.6 Å². The summed E-state index contributed by atoms with van der Waals surface area (Å²) < 4.78 is 23.3. The zero-order valence-electron chi connectivity index (χ0n) is 13.8. The van der Waals surface area contributed by atoms with E-state index in [1.54, 1.807) is 44.6 Å². The van der Waals surface area contributed by atoms with Crippen LogP contribution in [0.3, 0.4) is 0 Å². The third-order valence-corrected chi connectivity index (χ3v) is 4.69. The molecule has 0 spiro atoms. The van der Waals surface area contributed by atoms with Crippen LogP contribution in [0.4, 0.5) is 10.1 Å². The lowest BCUT2D eigenvalue weighted by molar-refractivity contribution is -0.113. The van der Waals surface area contributed by atoms with Crippen LogP contribution in [0.25, 0.3) is 0 Å². The predicted molar refractivity (Wildman–Crippen MR) is 95.4 cm³/mol. The summed E-state index contributed by atoms with van der Waals surface area (Å²) in [4.78, 5) is 12.2. The molecule has 1 amide bonds. The highest BCUT2D eigenvalue weighted by molar-refractivity contribution is 8.00. The summed E-state index contributed by atoms with van der Waals surface area (Å²) in [7, 11) is 3.11. The Bertz CT molecular complexity index is 691. The van der Waals surface area contributed by atoms with Crippen molar-refractivity contribution in [2.45, 2.75) is 12.2 Å². The molecule has 0 heterocycles. The molecule has 0 aromatic heterocycles. The Kier molecular flexibility index (Phi) is 6.49. The fraction of sp³-hybridized carbons (Fsp3) is 0.278. The predicted octanol–water partition coefficient (Wildman–Crippen LogP) is 4.28. The Hall–Kier alpha value is -2.21. The number of hydrogen-bond acceptors (Lipinski definition) is 4. The monoisotopic (exact) mass is 349 g/mol. The van der Waals surface area contributed by atoms with Crippen molar-refractivity contribution < 1.29 is 18.7 Å². The lowest BCUT2D eigenvalue weighted by Crippen LogP contribution is -2.15. The van der Waals surface area contributed by atoms with Gasteiger partial charge in [-0.1, -0.05) is 12.1 Å². The number of amides is 1. The maximum absolute atomic E-state index is 12.9. The number of carbonyl (C=O) groups excluding carboxylic acids is 1. The summed E-state index contributed by atoms with van der Waals surface area (Å²) >= 11 is 1.48. The number of benzene rings is 2. The minimum Gasteiger partial charge on any atom is -0.497 e. The van der Waals surface area contributed by atoms with Crippen molar-refractivity contribution in [1.29, 1.82) is 0 Å². The highest BCUT2D eigenvalue weighted by atomic mass is 32.2. The Morgan fingerprint density at radius 1 is 1.17 bits per heavy atom. The van der Waals surface area contributed by atoms with Crippen LogP contribution >= 0.6 is 11.8 Å². The van der Waals surface area contributed by atoms with Gasteiger partial charge in [-0.2, -0.15) is 0 Å². The van der Waals surface area contributed by atoms with Gasteiger partial charge in [-0.3, -0.25) is 4.79 Å². The molecule has 0 aliphatic heterocycles. The Morgan fingerprint density at radius 2 is 1.88 bits per heavy atom. The first-order valence-electron chi connectivity index (χ1n) is 7.42. The molecule has 128 valence electrons. The number of anilines is 1. The van der Waals surface area contributed by atoms with Crippen molar-refractivity contribution in [2.75, 3.05) is 25.3 Å². The summed E-state index contributed by atoms with van der Waals surface area (Å²) in [5, 5.41) is 2.91. The van der Waals surface area contributed by atoms with Crippen molar-refractivity contribution in [1.82, 2.24) is 0 Å². The minimum absolute atomic E-state index is 0.0866. The standard InChI is InChI=1S/C18H20FNO3S/c1-12(13-4-6-14(19)7-5-13)24-11-18(21)20-16-10-15(22-2)8-9-17(16)23-3/h4-10,12H,11H2,1-3H3,(H,20,21). The van der Waals surface area contributed by atoms with Crippen LogP contribution in [0.2, 0.25) is 0 Å². The van der Waals surface area contributed by atoms with E-state index in [-0.39, 0.29) is 22.7 Å². The van der Waals surface area contributed by atoms with Gasteiger partial charge in [0.25, 0.3) is 0 Å². The van der Waals surface area contributed by atoms with Crippen LogP contribution in [0.1, 0.15) is 17.7 Å². The van der Waals surface area contributed by atoms with Crippen LogP contribution in [0.5, 0.6) is 11.5 Å². The van der Waals surface area contributed by atoms with Crippen molar-refractivity contribution in [3.05, 3.63) is 53.8 Å². The third kappa shape index (κ3) is 4.89.